The third-order valence-electron chi connectivity index (χ3n) is 3.56. The summed E-state index contributed by atoms with van der Waals surface area (Å²) in [6.07, 6.45) is 2.60. The molecule has 0 saturated carbocycles. The smallest absolute Gasteiger partial charge is 0.326 e. The molecule has 0 bridgehead atoms. The van der Waals surface area contributed by atoms with E-state index in [-0.39, 0.29) is 18.6 Å². The van der Waals surface area contributed by atoms with Crippen molar-refractivity contribution in [2.75, 3.05) is 19.7 Å². The van der Waals surface area contributed by atoms with Gasteiger partial charge < -0.3 is 20.4 Å². The van der Waals surface area contributed by atoms with Gasteiger partial charge in [-0.2, -0.15) is 0 Å². The molecule has 0 spiro atoms. The summed E-state index contributed by atoms with van der Waals surface area (Å²) in [5.41, 5.74) is 0. The molecule has 6 nitrogen and oxygen atoms in total. The van der Waals surface area contributed by atoms with Crippen LogP contribution in [-0.2, 0) is 4.79 Å². The van der Waals surface area contributed by atoms with Crippen LogP contribution in [0.4, 0.5) is 4.79 Å². The predicted molar refractivity (Wildman–Crippen MR) is 70.8 cm³/mol. The molecule has 1 rings (SSSR count). The molecule has 0 radical (unpaired) electrons. The van der Waals surface area contributed by atoms with Crippen molar-refractivity contribution in [2.24, 2.45) is 11.8 Å². The lowest BCUT2D eigenvalue weighted by atomic mass is 9.95. The van der Waals surface area contributed by atoms with E-state index in [0.29, 0.717) is 25.4 Å². The van der Waals surface area contributed by atoms with Gasteiger partial charge in [0.05, 0.1) is 0 Å². The van der Waals surface area contributed by atoms with Crippen LogP contribution in [0.3, 0.4) is 0 Å². The standard InChI is InChI=1S/C13H24N2O4/c1-9(2)11(12(17)18)14-13(19)15-6-3-4-10(8-15)5-7-16/h9-11,16H,3-8H2,1-2H3,(H,14,19)(H,17,18). The lowest BCUT2D eigenvalue weighted by Crippen LogP contribution is -2.52. The Morgan fingerprint density at radius 1 is 1.42 bits per heavy atom. The predicted octanol–water partition coefficient (Wildman–Crippen LogP) is 0.900. The molecule has 0 aliphatic carbocycles. The Morgan fingerprint density at radius 2 is 2.11 bits per heavy atom. The zero-order chi connectivity index (χ0) is 14.4. The fraction of sp³-hybridized carbons (Fsp3) is 0.846. The zero-order valence-corrected chi connectivity index (χ0v) is 11.6. The van der Waals surface area contributed by atoms with E-state index in [0.717, 1.165) is 12.8 Å². The molecule has 6 heteroatoms. The first kappa shape index (κ1) is 15.8. The van der Waals surface area contributed by atoms with Crippen LogP contribution >= 0.6 is 0 Å². The minimum absolute atomic E-state index is 0.129. The Kier molecular flexibility index (Phi) is 6.08. The third-order valence-corrected chi connectivity index (χ3v) is 3.56. The topological polar surface area (TPSA) is 89.9 Å². The van der Waals surface area contributed by atoms with E-state index in [1.165, 1.54) is 0 Å². The average Bonchev–Trinajstić information content (AvgIpc) is 2.35. The first-order chi connectivity index (χ1) is 8.95. The first-order valence-corrected chi connectivity index (χ1v) is 6.84. The number of nitrogens with zero attached hydrogens (tertiary/aromatic N) is 1. The number of hydrogen-bond acceptors (Lipinski definition) is 3. The molecular weight excluding hydrogens is 248 g/mol. The number of hydrogen-bond donors (Lipinski definition) is 3. The Labute approximate surface area is 113 Å². The molecule has 0 aromatic carbocycles. The number of carbonyl (C=O) groups is 2. The Balaban J connectivity index is 2.54. The second-order valence-electron chi connectivity index (χ2n) is 5.48. The van der Waals surface area contributed by atoms with Gasteiger partial charge in [0.2, 0.25) is 0 Å². The lowest BCUT2D eigenvalue weighted by molar-refractivity contribution is -0.140. The van der Waals surface area contributed by atoms with Gasteiger partial charge in [-0.1, -0.05) is 13.8 Å². The quantitative estimate of drug-likeness (QED) is 0.693. The number of carbonyl (C=O) groups excluding carboxylic acids is 1. The molecule has 110 valence electrons. The highest BCUT2D eigenvalue weighted by Crippen LogP contribution is 2.19. The van der Waals surface area contributed by atoms with Crippen LogP contribution in [0.15, 0.2) is 0 Å². The molecule has 1 heterocycles. The highest BCUT2D eigenvalue weighted by molar-refractivity contribution is 5.82. The number of carboxylic acids is 1. The number of likely N-dealkylation sites (tertiary alicyclic amines) is 1. The van der Waals surface area contributed by atoms with Crippen LogP contribution in [0.1, 0.15) is 33.1 Å². The summed E-state index contributed by atoms with van der Waals surface area (Å²) in [6, 6.07) is -1.17. The summed E-state index contributed by atoms with van der Waals surface area (Å²) in [4.78, 5) is 24.8. The summed E-state index contributed by atoms with van der Waals surface area (Å²) < 4.78 is 0. The lowest BCUT2D eigenvalue weighted by Gasteiger charge is -2.33. The minimum Gasteiger partial charge on any atom is -0.480 e. The zero-order valence-electron chi connectivity index (χ0n) is 11.6. The summed E-state index contributed by atoms with van der Waals surface area (Å²) in [6.45, 7) is 4.91. The molecule has 2 atom stereocenters. The highest BCUT2D eigenvalue weighted by Gasteiger charge is 2.28. The average molecular weight is 272 g/mol. The highest BCUT2D eigenvalue weighted by atomic mass is 16.4. The summed E-state index contributed by atoms with van der Waals surface area (Å²) in [7, 11) is 0. The molecule has 1 fully saturated rings. The maximum Gasteiger partial charge on any atom is 0.326 e. The largest absolute Gasteiger partial charge is 0.480 e. The van der Waals surface area contributed by atoms with Crippen LogP contribution < -0.4 is 5.32 Å². The number of aliphatic carboxylic acids is 1. The van der Waals surface area contributed by atoms with Crippen molar-refractivity contribution in [1.82, 2.24) is 10.2 Å². The molecule has 0 aromatic rings. The number of piperidine rings is 1. The number of aliphatic hydroxyl groups is 1. The van der Waals surface area contributed by atoms with Gasteiger partial charge in [0, 0.05) is 19.7 Å². The third kappa shape index (κ3) is 4.70. The van der Waals surface area contributed by atoms with Crippen molar-refractivity contribution in [3.8, 4) is 0 Å². The molecule has 1 aliphatic heterocycles. The molecule has 0 aromatic heterocycles. The van der Waals surface area contributed by atoms with E-state index >= 15 is 0 Å². The molecule has 1 saturated heterocycles. The van der Waals surface area contributed by atoms with Crippen molar-refractivity contribution in [1.29, 1.82) is 0 Å². The van der Waals surface area contributed by atoms with Gasteiger partial charge in [-0.05, 0) is 31.1 Å². The van der Waals surface area contributed by atoms with Crippen molar-refractivity contribution < 1.29 is 19.8 Å². The molecule has 2 unspecified atom stereocenters. The van der Waals surface area contributed by atoms with E-state index in [1.807, 2.05) is 0 Å². The second kappa shape index (κ2) is 7.33. The Hall–Kier alpha value is -1.30. The van der Waals surface area contributed by atoms with E-state index in [9.17, 15) is 9.59 Å². The number of amides is 2. The van der Waals surface area contributed by atoms with Crippen molar-refractivity contribution in [2.45, 2.75) is 39.2 Å². The fourth-order valence-corrected chi connectivity index (χ4v) is 2.41. The number of aliphatic hydroxyl groups excluding tert-OH is 1. The summed E-state index contributed by atoms with van der Waals surface area (Å²) in [5.74, 6) is -0.849. The minimum atomic E-state index is -1.01. The van der Waals surface area contributed by atoms with Gasteiger partial charge in [0.15, 0.2) is 0 Å². The van der Waals surface area contributed by atoms with Crippen LogP contribution in [0, 0.1) is 11.8 Å². The van der Waals surface area contributed by atoms with E-state index in [4.69, 9.17) is 10.2 Å². The first-order valence-electron chi connectivity index (χ1n) is 6.84. The van der Waals surface area contributed by atoms with Gasteiger partial charge in [-0.25, -0.2) is 9.59 Å². The summed E-state index contributed by atoms with van der Waals surface area (Å²) >= 11 is 0. The van der Waals surface area contributed by atoms with Crippen LogP contribution in [-0.4, -0.2) is 52.9 Å². The van der Waals surface area contributed by atoms with Crippen molar-refractivity contribution in [3.05, 3.63) is 0 Å². The second-order valence-corrected chi connectivity index (χ2v) is 5.48. The van der Waals surface area contributed by atoms with Crippen molar-refractivity contribution >= 4 is 12.0 Å². The van der Waals surface area contributed by atoms with Gasteiger partial charge in [0.25, 0.3) is 0 Å². The van der Waals surface area contributed by atoms with Crippen LogP contribution in [0.5, 0.6) is 0 Å². The molecule has 3 N–H and O–H groups in total. The van der Waals surface area contributed by atoms with E-state index in [1.54, 1.807) is 18.7 Å². The SMILES string of the molecule is CC(C)C(NC(=O)N1CCCC(CCO)C1)C(=O)O. The van der Waals surface area contributed by atoms with Gasteiger partial charge in [0.1, 0.15) is 6.04 Å². The van der Waals surface area contributed by atoms with Gasteiger partial charge in [-0.15, -0.1) is 0 Å². The number of urea groups is 1. The number of rotatable bonds is 5. The van der Waals surface area contributed by atoms with Crippen molar-refractivity contribution in [3.63, 3.8) is 0 Å². The Bertz CT molecular complexity index is 318. The van der Waals surface area contributed by atoms with Crippen LogP contribution in [0.2, 0.25) is 0 Å². The summed E-state index contributed by atoms with van der Waals surface area (Å²) in [5, 5.41) is 20.6. The normalized spacial score (nSPS) is 21.3. The maximum atomic E-state index is 12.1. The number of nitrogens with one attached hydrogen (secondary N) is 1. The van der Waals surface area contributed by atoms with Gasteiger partial charge >= 0.3 is 12.0 Å². The molecule has 2 amide bonds. The van der Waals surface area contributed by atoms with E-state index in [2.05, 4.69) is 5.32 Å². The monoisotopic (exact) mass is 272 g/mol. The fourth-order valence-electron chi connectivity index (χ4n) is 2.41. The van der Waals surface area contributed by atoms with E-state index < -0.39 is 12.0 Å². The number of carboxylic acid groups (broad SMARTS) is 1. The molecular formula is C13H24N2O4. The molecule has 19 heavy (non-hydrogen) atoms. The molecule has 1 aliphatic rings. The van der Waals surface area contributed by atoms with Crippen LogP contribution in [0.25, 0.3) is 0 Å². The maximum absolute atomic E-state index is 12.1. The Morgan fingerprint density at radius 3 is 2.63 bits per heavy atom. The van der Waals surface area contributed by atoms with Gasteiger partial charge in [-0.3, -0.25) is 0 Å².